The molecule has 0 saturated heterocycles. The first-order valence-electron chi connectivity index (χ1n) is 7.41. The molecule has 0 saturated carbocycles. The smallest absolute Gasteiger partial charge is 0.122 e. The van der Waals surface area contributed by atoms with E-state index in [-0.39, 0.29) is 6.04 Å². The molecule has 0 aliphatic carbocycles. The maximum absolute atomic E-state index is 6.17. The second kappa shape index (κ2) is 5.71. The van der Waals surface area contributed by atoms with Crippen LogP contribution in [0.15, 0.2) is 42.7 Å². The Kier molecular flexibility index (Phi) is 3.79. The summed E-state index contributed by atoms with van der Waals surface area (Å²) >= 11 is 0. The molecule has 1 aromatic heterocycles. The molecule has 3 rings (SSSR count). The molecule has 2 unspecified atom stereocenters. The van der Waals surface area contributed by atoms with Crippen LogP contribution >= 0.6 is 0 Å². The van der Waals surface area contributed by atoms with E-state index < -0.39 is 0 Å². The van der Waals surface area contributed by atoms with Gasteiger partial charge in [0.1, 0.15) is 5.75 Å². The maximum Gasteiger partial charge on any atom is 0.122 e. The molecule has 3 heteroatoms. The van der Waals surface area contributed by atoms with Gasteiger partial charge in [0.25, 0.3) is 0 Å². The van der Waals surface area contributed by atoms with Crippen molar-refractivity contribution in [2.24, 2.45) is 5.73 Å². The highest BCUT2D eigenvalue weighted by Gasteiger charge is 2.23. The fourth-order valence-electron chi connectivity index (χ4n) is 2.90. The Hall–Kier alpha value is -1.74. The van der Waals surface area contributed by atoms with Crippen LogP contribution in [0.25, 0.3) is 0 Å². The SMILES string of the molecule is CCCC(N)c1ccn(CC2COc3ccccc32)c1. The number of aromatic nitrogens is 1. The number of para-hydroxylation sites is 1. The topological polar surface area (TPSA) is 40.2 Å². The Morgan fingerprint density at radius 3 is 3.05 bits per heavy atom. The van der Waals surface area contributed by atoms with Crippen LogP contribution in [0.1, 0.15) is 42.9 Å². The summed E-state index contributed by atoms with van der Waals surface area (Å²) in [5.41, 5.74) is 8.72. The molecule has 0 bridgehead atoms. The lowest BCUT2D eigenvalue weighted by atomic mass is 10.0. The van der Waals surface area contributed by atoms with E-state index in [1.165, 1.54) is 11.1 Å². The van der Waals surface area contributed by atoms with E-state index in [0.717, 1.165) is 31.7 Å². The summed E-state index contributed by atoms with van der Waals surface area (Å²) in [6, 6.07) is 10.6. The second-order valence-electron chi connectivity index (χ2n) is 5.58. The third-order valence-corrected chi connectivity index (χ3v) is 4.03. The van der Waals surface area contributed by atoms with E-state index in [4.69, 9.17) is 10.5 Å². The Morgan fingerprint density at radius 1 is 1.35 bits per heavy atom. The zero-order valence-corrected chi connectivity index (χ0v) is 12.0. The Morgan fingerprint density at radius 2 is 2.20 bits per heavy atom. The molecule has 2 N–H and O–H groups in total. The predicted octanol–water partition coefficient (Wildman–Crippen LogP) is 3.46. The number of hydrogen-bond acceptors (Lipinski definition) is 2. The summed E-state index contributed by atoms with van der Waals surface area (Å²) < 4.78 is 7.98. The van der Waals surface area contributed by atoms with Crippen LogP contribution < -0.4 is 10.5 Å². The van der Waals surface area contributed by atoms with Crippen LogP contribution in [0.3, 0.4) is 0 Å². The first-order chi connectivity index (χ1) is 9.78. The van der Waals surface area contributed by atoms with Crippen LogP contribution in [0, 0.1) is 0 Å². The lowest BCUT2D eigenvalue weighted by molar-refractivity contribution is 0.319. The van der Waals surface area contributed by atoms with Crippen molar-refractivity contribution in [1.82, 2.24) is 4.57 Å². The first kappa shape index (κ1) is 13.3. The molecule has 3 nitrogen and oxygen atoms in total. The molecule has 1 aromatic carbocycles. The van der Waals surface area contributed by atoms with Crippen molar-refractivity contribution < 1.29 is 4.74 Å². The van der Waals surface area contributed by atoms with Crippen molar-refractivity contribution in [3.8, 4) is 5.75 Å². The number of hydrogen-bond donors (Lipinski definition) is 1. The fourth-order valence-corrected chi connectivity index (χ4v) is 2.90. The first-order valence-corrected chi connectivity index (χ1v) is 7.41. The van der Waals surface area contributed by atoms with Crippen LogP contribution in [-0.4, -0.2) is 11.2 Å². The van der Waals surface area contributed by atoms with Gasteiger partial charge in [0, 0.05) is 36.5 Å². The van der Waals surface area contributed by atoms with Gasteiger partial charge in [0.05, 0.1) is 6.61 Å². The van der Waals surface area contributed by atoms with Crippen molar-refractivity contribution in [1.29, 1.82) is 0 Å². The van der Waals surface area contributed by atoms with Crippen molar-refractivity contribution in [3.05, 3.63) is 53.9 Å². The minimum absolute atomic E-state index is 0.161. The van der Waals surface area contributed by atoms with Crippen molar-refractivity contribution in [2.75, 3.05) is 6.61 Å². The molecule has 1 aliphatic heterocycles. The van der Waals surface area contributed by atoms with Gasteiger partial charge in [0.15, 0.2) is 0 Å². The third-order valence-electron chi connectivity index (χ3n) is 4.03. The summed E-state index contributed by atoms with van der Waals surface area (Å²) in [6.07, 6.45) is 6.47. The summed E-state index contributed by atoms with van der Waals surface area (Å²) in [4.78, 5) is 0. The van der Waals surface area contributed by atoms with E-state index in [1.54, 1.807) is 0 Å². The van der Waals surface area contributed by atoms with E-state index in [0.29, 0.717) is 5.92 Å². The van der Waals surface area contributed by atoms with Crippen molar-refractivity contribution in [3.63, 3.8) is 0 Å². The van der Waals surface area contributed by atoms with E-state index in [2.05, 4.69) is 42.1 Å². The molecule has 2 atom stereocenters. The minimum Gasteiger partial charge on any atom is -0.493 e. The highest BCUT2D eigenvalue weighted by atomic mass is 16.5. The zero-order chi connectivity index (χ0) is 13.9. The molecule has 1 aliphatic rings. The molecule has 0 amide bonds. The Bertz CT molecular complexity index is 576. The molecule has 2 aromatic rings. The predicted molar refractivity (Wildman–Crippen MR) is 80.9 cm³/mol. The normalized spacial score (nSPS) is 18.6. The molecule has 106 valence electrons. The van der Waals surface area contributed by atoms with Gasteiger partial charge in [-0.25, -0.2) is 0 Å². The van der Waals surface area contributed by atoms with Crippen molar-refractivity contribution >= 4 is 0 Å². The van der Waals surface area contributed by atoms with E-state index >= 15 is 0 Å². The zero-order valence-electron chi connectivity index (χ0n) is 12.0. The van der Waals surface area contributed by atoms with Gasteiger partial charge in [0.2, 0.25) is 0 Å². The largest absolute Gasteiger partial charge is 0.493 e. The molecule has 0 fully saturated rings. The Balaban J connectivity index is 1.70. The maximum atomic E-state index is 6.17. The number of nitrogens with two attached hydrogens (primary N) is 1. The molecule has 0 radical (unpaired) electrons. The van der Waals surface area contributed by atoms with E-state index in [1.807, 2.05) is 12.1 Å². The molecular formula is C17H22N2O. The Labute approximate surface area is 120 Å². The van der Waals surface area contributed by atoms with Crippen LogP contribution in [0.4, 0.5) is 0 Å². The lowest BCUT2D eigenvalue weighted by Gasteiger charge is -2.11. The second-order valence-corrected chi connectivity index (χ2v) is 5.58. The van der Waals surface area contributed by atoms with Crippen LogP contribution in [0.2, 0.25) is 0 Å². The minimum atomic E-state index is 0.161. The standard InChI is InChI=1S/C17H22N2O/c1-2-5-16(18)13-8-9-19(10-13)11-14-12-20-17-7-4-3-6-15(14)17/h3-4,6-10,14,16H,2,5,11-12,18H2,1H3. The van der Waals surface area contributed by atoms with Gasteiger partial charge in [-0.3, -0.25) is 0 Å². The highest BCUT2D eigenvalue weighted by Crippen LogP contribution is 2.34. The van der Waals surface area contributed by atoms with Gasteiger partial charge in [-0.1, -0.05) is 31.5 Å². The number of rotatable bonds is 5. The quantitative estimate of drug-likeness (QED) is 0.903. The fraction of sp³-hybridized carbons (Fsp3) is 0.412. The van der Waals surface area contributed by atoms with Crippen molar-refractivity contribution in [2.45, 2.75) is 38.3 Å². The van der Waals surface area contributed by atoms with Gasteiger partial charge >= 0.3 is 0 Å². The number of ether oxygens (including phenoxy) is 1. The molecule has 2 heterocycles. The summed E-state index contributed by atoms with van der Waals surface area (Å²) in [5.74, 6) is 1.47. The number of benzene rings is 1. The monoisotopic (exact) mass is 270 g/mol. The average Bonchev–Trinajstić information content (AvgIpc) is 3.08. The lowest BCUT2D eigenvalue weighted by Crippen LogP contribution is -2.11. The van der Waals surface area contributed by atoms with E-state index in [9.17, 15) is 0 Å². The van der Waals surface area contributed by atoms with Gasteiger partial charge in [-0.05, 0) is 24.1 Å². The van der Waals surface area contributed by atoms with Gasteiger partial charge in [-0.15, -0.1) is 0 Å². The highest BCUT2D eigenvalue weighted by molar-refractivity contribution is 5.39. The summed E-state index contributed by atoms with van der Waals surface area (Å²) in [5, 5.41) is 0. The van der Waals surface area contributed by atoms with Crippen LogP contribution in [0.5, 0.6) is 5.75 Å². The number of nitrogens with zero attached hydrogens (tertiary/aromatic N) is 1. The summed E-state index contributed by atoms with van der Waals surface area (Å²) in [7, 11) is 0. The number of fused-ring (bicyclic) bond motifs is 1. The average molecular weight is 270 g/mol. The van der Waals surface area contributed by atoms with Crippen LogP contribution in [-0.2, 0) is 6.54 Å². The van der Waals surface area contributed by atoms with Gasteiger partial charge in [-0.2, -0.15) is 0 Å². The summed E-state index contributed by atoms with van der Waals surface area (Å²) in [6.45, 7) is 3.90. The third kappa shape index (κ3) is 2.59. The molecule has 0 spiro atoms. The molecule has 20 heavy (non-hydrogen) atoms. The van der Waals surface area contributed by atoms with Gasteiger partial charge < -0.3 is 15.0 Å². The molecular weight excluding hydrogens is 248 g/mol.